The quantitative estimate of drug-likeness (QED) is 0.441. The lowest BCUT2D eigenvalue weighted by Crippen LogP contribution is -2.21. The summed E-state index contributed by atoms with van der Waals surface area (Å²) >= 11 is 4.47. The summed E-state index contributed by atoms with van der Waals surface area (Å²) in [7, 11) is 2.22. The van der Waals surface area contributed by atoms with E-state index in [1.807, 2.05) is 0 Å². The van der Waals surface area contributed by atoms with Gasteiger partial charge in [-0.1, -0.05) is 36.4 Å². The Hall–Kier alpha value is -2.19. The number of hydrogen-bond acceptors (Lipinski definition) is 2. The van der Waals surface area contributed by atoms with Crippen molar-refractivity contribution in [1.82, 2.24) is 0 Å². The van der Waals surface area contributed by atoms with Gasteiger partial charge < -0.3 is 4.90 Å². The van der Waals surface area contributed by atoms with E-state index in [9.17, 15) is 0 Å². The van der Waals surface area contributed by atoms with Crippen LogP contribution in [0.15, 0.2) is 71.6 Å². The SMILES string of the molecule is CN(c1ccc(S)cc1)c1cccc2c1C1CC3CC(CC1C3)c1ccccc1-2. The Morgan fingerprint density at radius 2 is 1.59 bits per heavy atom. The highest BCUT2D eigenvalue weighted by molar-refractivity contribution is 7.80. The van der Waals surface area contributed by atoms with Crippen LogP contribution in [0, 0.1) is 11.8 Å². The first-order valence-electron chi connectivity index (χ1n) is 10.9. The molecular formula is C27H27NS. The lowest BCUT2D eigenvalue weighted by atomic mass is 9.71. The summed E-state index contributed by atoms with van der Waals surface area (Å²) in [6, 6.07) is 24.7. The molecule has 0 radical (unpaired) electrons. The van der Waals surface area contributed by atoms with Crippen LogP contribution < -0.4 is 4.90 Å². The molecule has 0 N–H and O–H groups in total. The molecule has 0 spiro atoms. The third-order valence-corrected chi connectivity index (χ3v) is 8.04. The first-order valence-corrected chi connectivity index (χ1v) is 11.4. The van der Waals surface area contributed by atoms with Crippen molar-refractivity contribution in [3.63, 3.8) is 0 Å². The monoisotopic (exact) mass is 397 g/mol. The standard InChI is InChI=1S/C27H27NS/c1-28(20-9-11-21(29)12-10-20)26-8-4-7-24-23-6-3-2-5-22(23)18-13-17-14-19(16-18)25(15-17)27(24)26/h2-12,17-19,25,29H,13-16H2,1H3. The molecule has 3 bridgehead atoms. The van der Waals surface area contributed by atoms with Gasteiger partial charge in [0.1, 0.15) is 0 Å². The molecule has 0 aromatic heterocycles. The zero-order valence-electron chi connectivity index (χ0n) is 16.9. The van der Waals surface area contributed by atoms with Crippen LogP contribution in [0.4, 0.5) is 11.4 Å². The first kappa shape index (κ1) is 17.7. The summed E-state index contributed by atoms with van der Waals surface area (Å²) in [5.41, 5.74) is 8.72. The normalized spacial score (nSPS) is 26.4. The van der Waals surface area contributed by atoms with Crippen molar-refractivity contribution in [2.45, 2.75) is 42.4 Å². The number of thiol groups is 1. The largest absolute Gasteiger partial charge is 0.344 e. The fourth-order valence-electron chi connectivity index (χ4n) is 6.55. The van der Waals surface area contributed by atoms with E-state index >= 15 is 0 Å². The van der Waals surface area contributed by atoms with Gasteiger partial charge in [-0.05, 0) is 102 Å². The second kappa shape index (κ2) is 6.67. The summed E-state index contributed by atoms with van der Waals surface area (Å²) in [5, 5.41) is 0. The molecule has 0 heterocycles. The molecule has 2 heteroatoms. The summed E-state index contributed by atoms with van der Waals surface area (Å²) < 4.78 is 0. The lowest BCUT2D eigenvalue weighted by molar-refractivity contribution is 0.312. The van der Waals surface area contributed by atoms with Crippen LogP contribution in [0.2, 0.25) is 0 Å². The van der Waals surface area contributed by atoms with E-state index < -0.39 is 0 Å². The van der Waals surface area contributed by atoms with Crippen LogP contribution in [-0.4, -0.2) is 7.05 Å². The minimum Gasteiger partial charge on any atom is -0.344 e. The van der Waals surface area contributed by atoms with Gasteiger partial charge in [-0.2, -0.15) is 0 Å². The smallest absolute Gasteiger partial charge is 0.0449 e. The molecule has 3 aliphatic rings. The molecule has 3 aromatic rings. The van der Waals surface area contributed by atoms with Crippen molar-refractivity contribution in [1.29, 1.82) is 0 Å². The number of anilines is 2. The van der Waals surface area contributed by atoms with Gasteiger partial charge in [-0.25, -0.2) is 0 Å². The third-order valence-electron chi connectivity index (χ3n) is 7.74. The van der Waals surface area contributed by atoms with E-state index in [0.29, 0.717) is 5.92 Å². The van der Waals surface area contributed by atoms with Gasteiger partial charge in [0.05, 0.1) is 0 Å². The third kappa shape index (κ3) is 2.76. The van der Waals surface area contributed by atoms with Gasteiger partial charge in [0.25, 0.3) is 0 Å². The number of benzene rings is 3. The van der Waals surface area contributed by atoms with E-state index in [4.69, 9.17) is 0 Å². The van der Waals surface area contributed by atoms with E-state index in [-0.39, 0.29) is 0 Å². The minimum absolute atomic E-state index is 0.691. The number of fused-ring (bicyclic) bond motifs is 7. The van der Waals surface area contributed by atoms with Crippen LogP contribution in [0.1, 0.15) is 48.6 Å². The molecule has 0 amide bonds. The lowest BCUT2D eigenvalue weighted by Gasteiger charge is -2.36. The van der Waals surface area contributed by atoms with Gasteiger partial charge in [-0.3, -0.25) is 0 Å². The molecule has 2 fully saturated rings. The summed E-state index contributed by atoms with van der Waals surface area (Å²) in [6.45, 7) is 0. The van der Waals surface area contributed by atoms with Crippen molar-refractivity contribution in [2.24, 2.45) is 11.8 Å². The Balaban J connectivity index is 1.58. The minimum atomic E-state index is 0.691. The molecule has 146 valence electrons. The summed E-state index contributed by atoms with van der Waals surface area (Å²) in [6.07, 6.45) is 5.54. The number of nitrogens with zero attached hydrogens (tertiary/aromatic N) is 1. The van der Waals surface area contributed by atoms with Crippen molar-refractivity contribution >= 4 is 24.0 Å². The highest BCUT2D eigenvalue weighted by atomic mass is 32.1. The van der Waals surface area contributed by atoms with Gasteiger partial charge >= 0.3 is 0 Å². The number of rotatable bonds is 2. The molecule has 3 aliphatic carbocycles. The van der Waals surface area contributed by atoms with E-state index in [0.717, 1.165) is 22.6 Å². The van der Waals surface area contributed by atoms with Crippen molar-refractivity contribution in [2.75, 3.05) is 11.9 Å². The Kier molecular flexibility index (Phi) is 4.06. The Bertz CT molecular complexity index is 1070. The molecule has 4 unspecified atom stereocenters. The molecule has 0 saturated heterocycles. The van der Waals surface area contributed by atoms with Crippen molar-refractivity contribution < 1.29 is 0 Å². The fourth-order valence-corrected chi connectivity index (χ4v) is 6.70. The Morgan fingerprint density at radius 1 is 0.793 bits per heavy atom. The topological polar surface area (TPSA) is 3.24 Å². The maximum Gasteiger partial charge on any atom is 0.0449 e. The Labute approximate surface area is 179 Å². The van der Waals surface area contributed by atoms with Crippen LogP contribution in [0.3, 0.4) is 0 Å². The first-order chi connectivity index (χ1) is 14.2. The van der Waals surface area contributed by atoms with Gasteiger partial charge in [0.15, 0.2) is 0 Å². The van der Waals surface area contributed by atoms with Crippen LogP contribution in [-0.2, 0) is 0 Å². The highest BCUT2D eigenvalue weighted by Crippen LogP contribution is 2.60. The molecule has 1 nitrogen and oxygen atoms in total. The Morgan fingerprint density at radius 3 is 2.45 bits per heavy atom. The summed E-state index contributed by atoms with van der Waals surface area (Å²) in [4.78, 5) is 3.39. The van der Waals surface area contributed by atoms with Gasteiger partial charge in [0, 0.05) is 23.3 Å². The predicted molar refractivity (Wildman–Crippen MR) is 125 cm³/mol. The molecule has 2 saturated carbocycles. The maximum atomic E-state index is 4.47. The van der Waals surface area contributed by atoms with Crippen LogP contribution in [0.25, 0.3) is 11.1 Å². The maximum absolute atomic E-state index is 4.47. The average molecular weight is 398 g/mol. The van der Waals surface area contributed by atoms with Crippen molar-refractivity contribution in [3.8, 4) is 11.1 Å². The zero-order chi connectivity index (χ0) is 19.5. The van der Waals surface area contributed by atoms with E-state index in [1.165, 1.54) is 48.2 Å². The molecule has 29 heavy (non-hydrogen) atoms. The van der Waals surface area contributed by atoms with Gasteiger partial charge in [-0.15, -0.1) is 12.6 Å². The second-order valence-corrected chi connectivity index (χ2v) is 9.79. The average Bonchev–Trinajstić information content (AvgIpc) is 3.07. The number of hydrogen-bond donors (Lipinski definition) is 1. The summed E-state index contributed by atoms with van der Waals surface area (Å²) in [5.74, 6) is 3.17. The molecule has 4 atom stereocenters. The fraction of sp³-hybridized carbons (Fsp3) is 0.333. The zero-order valence-corrected chi connectivity index (χ0v) is 17.8. The molecule has 0 aliphatic heterocycles. The highest BCUT2D eigenvalue weighted by Gasteiger charge is 2.45. The van der Waals surface area contributed by atoms with Gasteiger partial charge in [0.2, 0.25) is 0 Å². The van der Waals surface area contributed by atoms with E-state index in [1.54, 1.807) is 11.1 Å². The molecule has 3 aromatic carbocycles. The molecule has 6 rings (SSSR count). The van der Waals surface area contributed by atoms with Crippen LogP contribution >= 0.6 is 12.6 Å². The predicted octanol–water partition coefficient (Wildman–Crippen LogP) is 7.41. The van der Waals surface area contributed by atoms with Crippen molar-refractivity contribution in [3.05, 3.63) is 77.9 Å². The van der Waals surface area contributed by atoms with Crippen LogP contribution in [0.5, 0.6) is 0 Å². The van der Waals surface area contributed by atoms with E-state index in [2.05, 4.69) is 91.3 Å². The molecular weight excluding hydrogens is 370 g/mol. The second-order valence-electron chi connectivity index (χ2n) is 9.27.